The Morgan fingerprint density at radius 2 is 2.41 bits per heavy atom. The number of carbonyl (C=O) groups is 1. The molecule has 1 heterocycles. The fourth-order valence-electron chi connectivity index (χ4n) is 3.25. The molecule has 2 saturated carbocycles. The van der Waals surface area contributed by atoms with E-state index in [4.69, 9.17) is 5.73 Å². The van der Waals surface area contributed by atoms with Gasteiger partial charge in [-0.05, 0) is 24.8 Å². The zero-order chi connectivity index (χ0) is 12.2. The summed E-state index contributed by atoms with van der Waals surface area (Å²) in [5.74, 6) is 0.201. The van der Waals surface area contributed by atoms with Crippen molar-refractivity contribution in [3.05, 3.63) is 12.3 Å². The van der Waals surface area contributed by atoms with Gasteiger partial charge in [0, 0.05) is 17.7 Å². The number of aliphatic hydroxyl groups is 2. The number of aliphatic hydroxyl groups excluding tert-OH is 2. The SMILES string of the molecule is NC1C=CN([C@@H]2C[C@@H](O)C3(CO)CC23)C(=O)N1. The molecule has 6 heteroatoms. The van der Waals surface area contributed by atoms with Crippen molar-refractivity contribution in [3.8, 4) is 0 Å². The molecule has 1 aliphatic heterocycles. The molecule has 3 aliphatic rings. The molecule has 6 nitrogen and oxygen atoms in total. The first kappa shape index (κ1) is 11.0. The van der Waals surface area contributed by atoms with E-state index in [-0.39, 0.29) is 30.0 Å². The summed E-state index contributed by atoms with van der Waals surface area (Å²) >= 11 is 0. The number of amides is 2. The number of nitrogens with zero attached hydrogens (tertiary/aromatic N) is 1. The monoisotopic (exact) mass is 239 g/mol. The van der Waals surface area contributed by atoms with E-state index in [1.807, 2.05) is 0 Å². The molecule has 0 spiro atoms. The summed E-state index contributed by atoms with van der Waals surface area (Å²) in [6.07, 6.45) is 3.77. The Hall–Kier alpha value is -1.11. The Kier molecular flexibility index (Phi) is 2.23. The fourth-order valence-corrected chi connectivity index (χ4v) is 3.25. The minimum absolute atomic E-state index is 0.00593. The first-order valence-electron chi connectivity index (χ1n) is 5.90. The van der Waals surface area contributed by atoms with Crippen LogP contribution in [-0.2, 0) is 0 Å². The molecule has 0 aromatic heterocycles. The molecule has 17 heavy (non-hydrogen) atoms. The van der Waals surface area contributed by atoms with Crippen molar-refractivity contribution in [2.45, 2.75) is 31.2 Å². The number of rotatable bonds is 2. The van der Waals surface area contributed by atoms with Crippen molar-refractivity contribution in [3.63, 3.8) is 0 Å². The number of hydrogen-bond donors (Lipinski definition) is 4. The third-order valence-electron chi connectivity index (χ3n) is 4.40. The van der Waals surface area contributed by atoms with Gasteiger partial charge in [-0.2, -0.15) is 0 Å². The zero-order valence-electron chi connectivity index (χ0n) is 9.41. The molecule has 3 unspecified atom stereocenters. The number of fused-ring (bicyclic) bond motifs is 1. The van der Waals surface area contributed by atoms with Gasteiger partial charge in [0.15, 0.2) is 0 Å². The summed E-state index contributed by atoms with van der Waals surface area (Å²) in [6, 6.07) is -0.251. The van der Waals surface area contributed by atoms with Crippen LogP contribution in [0.15, 0.2) is 12.3 Å². The van der Waals surface area contributed by atoms with E-state index >= 15 is 0 Å². The van der Waals surface area contributed by atoms with Crippen molar-refractivity contribution >= 4 is 6.03 Å². The van der Waals surface area contributed by atoms with Gasteiger partial charge in [0.2, 0.25) is 0 Å². The fraction of sp³-hybridized carbons (Fsp3) is 0.727. The van der Waals surface area contributed by atoms with E-state index < -0.39 is 12.3 Å². The second kappa shape index (κ2) is 3.44. The molecule has 0 radical (unpaired) electrons. The van der Waals surface area contributed by atoms with Gasteiger partial charge in [0.05, 0.1) is 18.9 Å². The third kappa shape index (κ3) is 1.41. The molecule has 94 valence electrons. The van der Waals surface area contributed by atoms with Crippen LogP contribution in [0, 0.1) is 11.3 Å². The van der Waals surface area contributed by atoms with Crippen LogP contribution in [0.2, 0.25) is 0 Å². The lowest BCUT2D eigenvalue weighted by molar-refractivity contribution is 0.0593. The second-order valence-electron chi connectivity index (χ2n) is 5.24. The molecule has 2 fully saturated rings. The van der Waals surface area contributed by atoms with Crippen LogP contribution >= 0.6 is 0 Å². The minimum atomic E-state index is -0.515. The molecule has 0 aromatic carbocycles. The van der Waals surface area contributed by atoms with E-state index in [2.05, 4.69) is 5.32 Å². The average Bonchev–Trinajstić information content (AvgIpc) is 2.96. The van der Waals surface area contributed by atoms with Gasteiger partial charge in [-0.15, -0.1) is 0 Å². The Morgan fingerprint density at radius 3 is 2.94 bits per heavy atom. The number of urea groups is 1. The third-order valence-corrected chi connectivity index (χ3v) is 4.40. The maximum Gasteiger partial charge on any atom is 0.323 e. The molecule has 3 rings (SSSR count). The van der Waals surface area contributed by atoms with Crippen molar-refractivity contribution in [2.75, 3.05) is 6.61 Å². The topological polar surface area (TPSA) is 98.8 Å². The van der Waals surface area contributed by atoms with E-state index in [1.165, 1.54) is 0 Å². The summed E-state index contributed by atoms with van der Waals surface area (Å²) < 4.78 is 0. The van der Waals surface area contributed by atoms with Gasteiger partial charge >= 0.3 is 6.03 Å². The maximum atomic E-state index is 11.8. The van der Waals surface area contributed by atoms with Crippen LogP contribution in [0.3, 0.4) is 0 Å². The average molecular weight is 239 g/mol. The predicted octanol–water partition coefficient (Wildman–Crippen LogP) is -1.06. The smallest absolute Gasteiger partial charge is 0.323 e. The summed E-state index contributed by atoms with van der Waals surface area (Å²) in [6.45, 7) is -0.00593. The number of carbonyl (C=O) groups excluding carboxylic acids is 1. The Balaban J connectivity index is 1.79. The first-order valence-corrected chi connectivity index (χ1v) is 5.90. The normalized spacial score (nSPS) is 47.9. The number of hydrogen-bond acceptors (Lipinski definition) is 4. The van der Waals surface area contributed by atoms with Gasteiger partial charge in [-0.25, -0.2) is 4.79 Å². The quantitative estimate of drug-likeness (QED) is 0.493. The lowest BCUT2D eigenvalue weighted by atomic mass is 10.0. The van der Waals surface area contributed by atoms with Crippen molar-refractivity contribution in [1.29, 1.82) is 0 Å². The molecular weight excluding hydrogens is 222 g/mol. The van der Waals surface area contributed by atoms with Crippen molar-refractivity contribution < 1.29 is 15.0 Å². The molecule has 0 saturated heterocycles. The highest BCUT2D eigenvalue weighted by Gasteiger charge is 2.68. The summed E-state index contributed by atoms with van der Waals surface area (Å²) in [5, 5.41) is 21.9. The van der Waals surface area contributed by atoms with Gasteiger partial charge in [-0.1, -0.05) is 0 Å². The van der Waals surface area contributed by atoms with E-state index in [9.17, 15) is 15.0 Å². The molecule has 0 bridgehead atoms. The Bertz CT molecular complexity index is 386. The van der Waals surface area contributed by atoms with Gasteiger partial charge in [0.25, 0.3) is 0 Å². The van der Waals surface area contributed by atoms with E-state index in [0.717, 1.165) is 6.42 Å². The second-order valence-corrected chi connectivity index (χ2v) is 5.24. The van der Waals surface area contributed by atoms with E-state index in [1.54, 1.807) is 17.2 Å². The van der Waals surface area contributed by atoms with Gasteiger partial charge in [-0.3, -0.25) is 4.90 Å². The highest BCUT2D eigenvalue weighted by Crippen LogP contribution is 2.64. The molecule has 2 aliphatic carbocycles. The van der Waals surface area contributed by atoms with Gasteiger partial charge in [0.1, 0.15) is 0 Å². The lowest BCUT2D eigenvalue weighted by Crippen LogP contribution is -2.52. The van der Waals surface area contributed by atoms with Crippen LogP contribution in [0.25, 0.3) is 0 Å². The van der Waals surface area contributed by atoms with Crippen LogP contribution in [0.4, 0.5) is 4.79 Å². The molecule has 5 atom stereocenters. The Morgan fingerprint density at radius 1 is 1.65 bits per heavy atom. The van der Waals surface area contributed by atoms with E-state index in [0.29, 0.717) is 6.42 Å². The Labute approximate surface area is 99.1 Å². The maximum absolute atomic E-state index is 11.8. The zero-order valence-corrected chi connectivity index (χ0v) is 9.41. The number of nitrogens with two attached hydrogens (primary N) is 1. The standard InChI is InChI=1S/C11H17N3O3/c12-9-1-2-14(10(17)13-9)7-3-8(16)11(5-15)4-6(7)11/h1-2,6-9,15-16H,3-5,12H2,(H,13,17)/t6?,7-,8-,9?,11?/m1/s1. The number of nitrogens with one attached hydrogen (secondary N) is 1. The van der Waals surface area contributed by atoms with Crippen LogP contribution in [0.1, 0.15) is 12.8 Å². The van der Waals surface area contributed by atoms with Gasteiger partial charge < -0.3 is 21.3 Å². The van der Waals surface area contributed by atoms with Crippen LogP contribution in [-0.4, -0.2) is 46.1 Å². The molecule has 2 amide bonds. The highest BCUT2D eigenvalue weighted by molar-refractivity contribution is 5.77. The van der Waals surface area contributed by atoms with Crippen molar-refractivity contribution in [2.24, 2.45) is 17.1 Å². The summed E-state index contributed by atoms with van der Waals surface area (Å²) in [5.41, 5.74) is 5.21. The predicted molar refractivity (Wildman–Crippen MR) is 59.5 cm³/mol. The summed E-state index contributed by atoms with van der Waals surface area (Å²) in [4.78, 5) is 13.4. The van der Waals surface area contributed by atoms with Crippen molar-refractivity contribution in [1.82, 2.24) is 10.2 Å². The highest BCUT2D eigenvalue weighted by atomic mass is 16.3. The molecule has 0 aromatic rings. The molecular formula is C11H17N3O3. The van der Waals surface area contributed by atoms with Crippen LogP contribution < -0.4 is 11.1 Å². The molecule has 5 N–H and O–H groups in total. The largest absolute Gasteiger partial charge is 0.396 e. The summed E-state index contributed by atoms with van der Waals surface area (Å²) in [7, 11) is 0. The van der Waals surface area contributed by atoms with Crippen LogP contribution in [0.5, 0.6) is 0 Å². The first-order chi connectivity index (χ1) is 8.08. The lowest BCUT2D eigenvalue weighted by Gasteiger charge is -2.31. The minimum Gasteiger partial charge on any atom is -0.396 e.